The summed E-state index contributed by atoms with van der Waals surface area (Å²) in [6, 6.07) is 10.9. The minimum Gasteiger partial charge on any atom is -0.484 e. The van der Waals surface area contributed by atoms with Crippen molar-refractivity contribution in [1.82, 2.24) is 10.2 Å². The van der Waals surface area contributed by atoms with Crippen LogP contribution in [0, 0.1) is 20.8 Å². The quantitative estimate of drug-likeness (QED) is 0.633. The zero-order valence-corrected chi connectivity index (χ0v) is 19.2. The molecule has 0 radical (unpaired) electrons. The summed E-state index contributed by atoms with van der Waals surface area (Å²) in [5.74, 6) is 0.164. The number of nitrogens with zero attached hydrogens (tertiary/aromatic N) is 1. The van der Waals surface area contributed by atoms with Gasteiger partial charge in [0.25, 0.3) is 5.91 Å². The van der Waals surface area contributed by atoms with Crippen LogP contribution in [0.25, 0.3) is 0 Å². The Labute approximate surface area is 184 Å². The Kier molecular flexibility index (Phi) is 8.72. The number of hydrogen-bond acceptors (Lipinski definition) is 3. The van der Waals surface area contributed by atoms with Crippen LogP contribution >= 0.6 is 11.6 Å². The summed E-state index contributed by atoms with van der Waals surface area (Å²) in [5, 5.41) is 3.56. The first-order valence-electron chi connectivity index (χ1n) is 10.2. The van der Waals surface area contributed by atoms with Gasteiger partial charge in [0.05, 0.1) is 0 Å². The first-order valence-corrected chi connectivity index (χ1v) is 10.6. The molecule has 0 saturated heterocycles. The van der Waals surface area contributed by atoms with E-state index < -0.39 is 6.04 Å². The molecule has 1 atom stereocenters. The average molecular weight is 431 g/mol. The molecule has 0 aromatic heterocycles. The molecule has 162 valence electrons. The number of rotatable bonds is 9. The lowest BCUT2D eigenvalue weighted by Crippen LogP contribution is -2.49. The van der Waals surface area contributed by atoms with Crippen molar-refractivity contribution in [3.63, 3.8) is 0 Å². The second-order valence-corrected chi connectivity index (χ2v) is 8.01. The molecule has 0 fully saturated rings. The molecular formula is C24H31ClN2O3. The van der Waals surface area contributed by atoms with Gasteiger partial charge in [-0.1, -0.05) is 48.4 Å². The molecule has 6 heteroatoms. The Bertz CT molecular complexity index is 858. The van der Waals surface area contributed by atoms with E-state index in [0.717, 1.165) is 28.7 Å². The molecule has 2 amide bonds. The molecule has 1 unspecified atom stereocenters. The second kappa shape index (κ2) is 11.0. The van der Waals surface area contributed by atoms with Gasteiger partial charge < -0.3 is 15.0 Å². The maximum Gasteiger partial charge on any atom is 0.261 e. The smallest absolute Gasteiger partial charge is 0.261 e. The number of amides is 2. The van der Waals surface area contributed by atoms with Crippen molar-refractivity contribution in [3.05, 3.63) is 63.7 Å². The van der Waals surface area contributed by atoms with Crippen LogP contribution in [0.3, 0.4) is 0 Å². The maximum absolute atomic E-state index is 13.0. The molecule has 2 rings (SSSR count). The van der Waals surface area contributed by atoms with Crippen molar-refractivity contribution >= 4 is 23.4 Å². The maximum atomic E-state index is 13.0. The molecule has 0 spiro atoms. The lowest BCUT2D eigenvalue weighted by atomic mass is 10.1. The monoisotopic (exact) mass is 430 g/mol. The van der Waals surface area contributed by atoms with Crippen molar-refractivity contribution in [2.45, 2.75) is 53.6 Å². The van der Waals surface area contributed by atoms with Gasteiger partial charge in [0, 0.05) is 18.1 Å². The number of carbonyl (C=O) groups is 2. The summed E-state index contributed by atoms with van der Waals surface area (Å²) in [7, 11) is 0. The molecule has 0 aliphatic rings. The number of nitrogens with one attached hydrogen (secondary N) is 1. The van der Waals surface area contributed by atoms with Gasteiger partial charge in [0.15, 0.2) is 6.61 Å². The highest BCUT2D eigenvalue weighted by molar-refractivity contribution is 6.32. The topological polar surface area (TPSA) is 58.6 Å². The van der Waals surface area contributed by atoms with Gasteiger partial charge >= 0.3 is 0 Å². The van der Waals surface area contributed by atoms with E-state index in [9.17, 15) is 9.59 Å². The van der Waals surface area contributed by atoms with Crippen LogP contribution in [0.5, 0.6) is 5.75 Å². The van der Waals surface area contributed by atoms with Crippen LogP contribution in [-0.4, -0.2) is 35.9 Å². The number of benzene rings is 2. The van der Waals surface area contributed by atoms with Crippen LogP contribution in [0.1, 0.15) is 42.5 Å². The predicted molar refractivity (Wildman–Crippen MR) is 121 cm³/mol. The van der Waals surface area contributed by atoms with Gasteiger partial charge in [-0.05, 0) is 62.9 Å². The van der Waals surface area contributed by atoms with E-state index in [-0.39, 0.29) is 18.4 Å². The molecule has 1 N–H and O–H groups in total. The van der Waals surface area contributed by atoms with Gasteiger partial charge in [0.2, 0.25) is 5.91 Å². The number of ether oxygens (including phenoxy) is 1. The normalized spacial score (nSPS) is 11.7. The number of carbonyl (C=O) groups excluding carboxylic acids is 2. The van der Waals surface area contributed by atoms with E-state index in [0.29, 0.717) is 23.9 Å². The van der Waals surface area contributed by atoms with Gasteiger partial charge in [-0.25, -0.2) is 0 Å². The van der Waals surface area contributed by atoms with Crippen LogP contribution in [-0.2, 0) is 16.1 Å². The highest BCUT2D eigenvalue weighted by Gasteiger charge is 2.26. The number of halogens is 1. The van der Waals surface area contributed by atoms with E-state index in [4.69, 9.17) is 16.3 Å². The summed E-state index contributed by atoms with van der Waals surface area (Å²) in [6.07, 6.45) is 0.836. The van der Waals surface area contributed by atoms with E-state index in [1.807, 2.05) is 64.1 Å². The van der Waals surface area contributed by atoms with Crippen molar-refractivity contribution < 1.29 is 14.3 Å². The lowest BCUT2D eigenvalue weighted by Gasteiger charge is -2.29. The first kappa shape index (κ1) is 23.7. The van der Waals surface area contributed by atoms with E-state index in [1.54, 1.807) is 11.8 Å². The van der Waals surface area contributed by atoms with Crippen LogP contribution in [0.15, 0.2) is 36.4 Å². The zero-order valence-electron chi connectivity index (χ0n) is 18.4. The highest BCUT2D eigenvalue weighted by Crippen LogP contribution is 2.26. The number of hydrogen-bond donors (Lipinski definition) is 1. The van der Waals surface area contributed by atoms with Crippen molar-refractivity contribution in [1.29, 1.82) is 0 Å². The molecule has 5 nitrogen and oxygen atoms in total. The molecule has 2 aromatic rings. The van der Waals surface area contributed by atoms with Gasteiger partial charge in [0.1, 0.15) is 11.8 Å². The second-order valence-electron chi connectivity index (χ2n) is 7.63. The van der Waals surface area contributed by atoms with E-state index in [1.165, 1.54) is 0 Å². The Morgan fingerprint density at radius 2 is 1.70 bits per heavy atom. The van der Waals surface area contributed by atoms with Gasteiger partial charge in [-0.15, -0.1) is 0 Å². The zero-order chi connectivity index (χ0) is 22.3. The molecule has 0 bridgehead atoms. The summed E-state index contributed by atoms with van der Waals surface area (Å²) in [5.41, 5.74) is 3.88. The molecule has 2 aromatic carbocycles. The highest BCUT2D eigenvalue weighted by atomic mass is 35.5. The fraction of sp³-hybridized carbons (Fsp3) is 0.417. The van der Waals surface area contributed by atoms with Gasteiger partial charge in [-0.2, -0.15) is 0 Å². The Balaban J connectivity index is 2.16. The van der Waals surface area contributed by atoms with Crippen LogP contribution < -0.4 is 10.1 Å². The summed E-state index contributed by atoms with van der Waals surface area (Å²) in [4.78, 5) is 27.1. The summed E-state index contributed by atoms with van der Waals surface area (Å²) in [6.45, 7) is 10.3. The van der Waals surface area contributed by atoms with E-state index >= 15 is 0 Å². The molecular weight excluding hydrogens is 400 g/mol. The fourth-order valence-corrected chi connectivity index (χ4v) is 3.20. The SMILES string of the molecule is CCCNC(=O)C(C)N(Cc1ccc(C)cc1)C(=O)COc1cc(C)c(Cl)c(C)c1. The Morgan fingerprint density at radius 3 is 2.27 bits per heavy atom. The standard InChI is InChI=1S/C24H31ClN2O3/c1-6-11-26-24(29)19(5)27(14-20-9-7-16(2)8-10-20)22(28)15-30-21-12-17(3)23(25)18(4)13-21/h7-10,12-13,19H,6,11,14-15H2,1-5H3,(H,26,29). The molecule has 0 aliphatic carbocycles. The average Bonchev–Trinajstić information content (AvgIpc) is 2.73. The number of aryl methyl sites for hydroxylation is 3. The third-order valence-electron chi connectivity index (χ3n) is 4.96. The van der Waals surface area contributed by atoms with Crippen molar-refractivity contribution in [2.75, 3.05) is 13.2 Å². The molecule has 30 heavy (non-hydrogen) atoms. The predicted octanol–water partition coefficient (Wildman–Crippen LogP) is 4.59. The van der Waals surface area contributed by atoms with Crippen LogP contribution in [0.4, 0.5) is 0 Å². The van der Waals surface area contributed by atoms with Crippen molar-refractivity contribution in [3.8, 4) is 5.75 Å². The fourth-order valence-electron chi connectivity index (χ4n) is 3.09. The molecule has 0 saturated carbocycles. The Hall–Kier alpha value is -2.53. The van der Waals surface area contributed by atoms with Crippen LogP contribution in [0.2, 0.25) is 5.02 Å². The Morgan fingerprint density at radius 1 is 1.10 bits per heavy atom. The largest absolute Gasteiger partial charge is 0.484 e. The van der Waals surface area contributed by atoms with E-state index in [2.05, 4.69) is 5.32 Å². The molecule has 0 heterocycles. The van der Waals surface area contributed by atoms with Crippen molar-refractivity contribution in [2.24, 2.45) is 0 Å². The summed E-state index contributed by atoms with van der Waals surface area (Å²) >= 11 is 6.21. The minimum atomic E-state index is -0.609. The minimum absolute atomic E-state index is 0.155. The summed E-state index contributed by atoms with van der Waals surface area (Å²) < 4.78 is 5.75. The van der Waals surface area contributed by atoms with Gasteiger partial charge in [-0.3, -0.25) is 9.59 Å². The third-order valence-corrected chi connectivity index (χ3v) is 5.56. The molecule has 0 aliphatic heterocycles. The third kappa shape index (κ3) is 6.49. The lowest BCUT2D eigenvalue weighted by molar-refractivity contribution is -0.142. The first-order chi connectivity index (χ1) is 14.2.